The van der Waals surface area contributed by atoms with Gasteiger partial charge in [0.05, 0.1) is 10.6 Å². The molecule has 0 aliphatic rings. The Morgan fingerprint density at radius 1 is 1.60 bits per heavy atom. The molecule has 1 heterocycles. The van der Waals surface area contributed by atoms with Gasteiger partial charge in [-0.2, -0.15) is 8.42 Å². The Bertz CT molecular complexity index is 496. The second-order valence-electron chi connectivity index (χ2n) is 2.95. The average Bonchev–Trinajstić information content (AvgIpc) is 1.99. The Kier molecular flexibility index (Phi) is 3.01. The maximum absolute atomic E-state index is 10.5. The van der Waals surface area contributed by atoms with E-state index in [1.165, 1.54) is 13.0 Å². The molecule has 82 valence electrons. The number of hydrogen-bond donors (Lipinski definition) is 1. The largest absolute Gasteiger partial charge is 0.290 e. The zero-order chi connectivity index (χ0) is 11.6. The van der Waals surface area contributed by atoms with Crippen LogP contribution in [0.2, 0.25) is 0 Å². The summed E-state index contributed by atoms with van der Waals surface area (Å²) in [5, 5.41) is 10.4. The van der Waals surface area contributed by atoms with E-state index in [2.05, 4.69) is 4.98 Å². The Morgan fingerprint density at radius 2 is 2.20 bits per heavy atom. The highest BCUT2D eigenvalue weighted by molar-refractivity contribution is 7.84. The van der Waals surface area contributed by atoms with Crippen LogP contribution in [-0.2, 0) is 15.9 Å². The SMILES string of the molecule is Cc1cc(CS(=O)(=O)O)ncc1[N+](=O)[O-]. The average molecular weight is 232 g/mol. The summed E-state index contributed by atoms with van der Waals surface area (Å²) in [5.74, 6) is -0.647. The molecule has 0 aliphatic heterocycles. The Balaban J connectivity index is 3.07. The molecule has 8 heteroatoms. The van der Waals surface area contributed by atoms with Crippen LogP contribution in [0.1, 0.15) is 11.3 Å². The zero-order valence-corrected chi connectivity index (χ0v) is 8.56. The Labute approximate surface area is 85.7 Å². The molecule has 0 amide bonds. The van der Waals surface area contributed by atoms with Gasteiger partial charge in [0.15, 0.2) is 0 Å². The third-order valence-electron chi connectivity index (χ3n) is 1.67. The molecular formula is C7H8N2O5S. The van der Waals surface area contributed by atoms with E-state index in [0.29, 0.717) is 5.56 Å². The van der Waals surface area contributed by atoms with Gasteiger partial charge in [0.1, 0.15) is 11.9 Å². The van der Waals surface area contributed by atoms with Gasteiger partial charge >= 0.3 is 0 Å². The zero-order valence-electron chi connectivity index (χ0n) is 7.74. The fourth-order valence-corrected chi connectivity index (χ4v) is 1.60. The summed E-state index contributed by atoms with van der Waals surface area (Å²) in [7, 11) is -4.16. The molecule has 0 atom stereocenters. The summed E-state index contributed by atoms with van der Waals surface area (Å²) in [4.78, 5) is 13.4. The fraction of sp³-hybridized carbons (Fsp3) is 0.286. The van der Waals surface area contributed by atoms with Crippen LogP contribution in [0.4, 0.5) is 5.69 Å². The Morgan fingerprint density at radius 3 is 2.60 bits per heavy atom. The standard InChI is InChI=1S/C7H8N2O5S/c1-5-2-6(4-15(12,13)14)8-3-7(5)9(10)11/h2-3H,4H2,1H3,(H,12,13,14). The van der Waals surface area contributed by atoms with Crippen LogP contribution in [0.5, 0.6) is 0 Å². The number of pyridine rings is 1. The number of rotatable bonds is 3. The van der Waals surface area contributed by atoms with Crippen LogP contribution >= 0.6 is 0 Å². The van der Waals surface area contributed by atoms with Crippen LogP contribution in [-0.4, -0.2) is 22.9 Å². The monoisotopic (exact) mass is 232 g/mol. The maximum Gasteiger partial charge on any atom is 0.290 e. The van der Waals surface area contributed by atoms with E-state index < -0.39 is 20.8 Å². The number of aromatic nitrogens is 1. The minimum atomic E-state index is -4.16. The van der Waals surface area contributed by atoms with Gasteiger partial charge in [0.25, 0.3) is 15.8 Å². The fourth-order valence-electron chi connectivity index (χ4n) is 1.06. The van der Waals surface area contributed by atoms with Gasteiger partial charge in [-0.3, -0.25) is 19.7 Å². The molecule has 0 saturated heterocycles. The molecule has 0 bridgehead atoms. The predicted molar refractivity (Wildman–Crippen MR) is 50.9 cm³/mol. The topological polar surface area (TPSA) is 110 Å². The highest BCUT2D eigenvalue weighted by Crippen LogP contribution is 2.17. The molecule has 7 nitrogen and oxygen atoms in total. The molecule has 15 heavy (non-hydrogen) atoms. The lowest BCUT2D eigenvalue weighted by Crippen LogP contribution is -2.04. The van der Waals surface area contributed by atoms with Gasteiger partial charge in [0, 0.05) is 5.56 Å². The first kappa shape index (κ1) is 11.5. The van der Waals surface area contributed by atoms with Crippen molar-refractivity contribution in [3.8, 4) is 0 Å². The van der Waals surface area contributed by atoms with E-state index >= 15 is 0 Å². The molecule has 1 N–H and O–H groups in total. The third kappa shape index (κ3) is 3.26. The van der Waals surface area contributed by atoms with Gasteiger partial charge in [0.2, 0.25) is 0 Å². The maximum atomic E-state index is 10.5. The molecule has 0 aromatic carbocycles. The number of nitro groups is 1. The quantitative estimate of drug-likeness (QED) is 0.466. The molecule has 0 unspecified atom stereocenters. The van der Waals surface area contributed by atoms with E-state index in [-0.39, 0.29) is 11.4 Å². The van der Waals surface area contributed by atoms with Gasteiger partial charge in [-0.1, -0.05) is 0 Å². The summed E-state index contributed by atoms with van der Waals surface area (Å²) >= 11 is 0. The van der Waals surface area contributed by atoms with Crippen molar-refractivity contribution in [2.45, 2.75) is 12.7 Å². The molecule has 0 spiro atoms. The smallest absolute Gasteiger partial charge is 0.285 e. The summed E-state index contributed by atoms with van der Waals surface area (Å²) < 4.78 is 29.6. The van der Waals surface area contributed by atoms with Gasteiger partial charge in [-0.15, -0.1) is 0 Å². The first-order valence-corrected chi connectivity index (χ1v) is 5.45. The van der Waals surface area contributed by atoms with E-state index in [1.54, 1.807) is 0 Å². The molecule has 0 saturated carbocycles. The number of nitrogens with zero attached hydrogens (tertiary/aromatic N) is 2. The molecule has 0 radical (unpaired) electrons. The van der Waals surface area contributed by atoms with Crippen LogP contribution in [0, 0.1) is 17.0 Å². The van der Waals surface area contributed by atoms with Crippen molar-refractivity contribution >= 4 is 15.8 Å². The van der Waals surface area contributed by atoms with Crippen molar-refractivity contribution < 1.29 is 17.9 Å². The van der Waals surface area contributed by atoms with Gasteiger partial charge < -0.3 is 0 Å². The minimum Gasteiger partial charge on any atom is -0.285 e. The van der Waals surface area contributed by atoms with Gasteiger partial charge in [-0.25, -0.2) is 0 Å². The lowest BCUT2D eigenvalue weighted by molar-refractivity contribution is -0.385. The van der Waals surface area contributed by atoms with Crippen LogP contribution in [0.15, 0.2) is 12.3 Å². The summed E-state index contributed by atoms with van der Waals surface area (Å²) in [5.41, 5.74) is 0.184. The predicted octanol–water partition coefficient (Wildman–Crippen LogP) is 0.686. The van der Waals surface area contributed by atoms with E-state index in [4.69, 9.17) is 4.55 Å². The number of aryl methyl sites for hydroxylation is 1. The summed E-state index contributed by atoms with van der Waals surface area (Å²) in [6, 6.07) is 1.26. The highest BCUT2D eigenvalue weighted by Gasteiger charge is 2.14. The van der Waals surface area contributed by atoms with Crippen molar-refractivity contribution in [3.05, 3.63) is 33.6 Å². The molecule has 0 aliphatic carbocycles. The third-order valence-corrected chi connectivity index (χ3v) is 2.33. The van der Waals surface area contributed by atoms with E-state index in [9.17, 15) is 18.5 Å². The molecule has 1 aromatic rings. The van der Waals surface area contributed by atoms with Crippen molar-refractivity contribution in [3.63, 3.8) is 0 Å². The van der Waals surface area contributed by atoms with Crippen LogP contribution in [0.25, 0.3) is 0 Å². The molecular weight excluding hydrogens is 224 g/mol. The molecule has 1 rings (SSSR count). The summed E-state index contributed by atoms with van der Waals surface area (Å²) in [6.45, 7) is 1.47. The first-order chi connectivity index (χ1) is 6.79. The minimum absolute atomic E-state index is 0.0700. The lowest BCUT2D eigenvalue weighted by Gasteiger charge is -2.00. The van der Waals surface area contributed by atoms with E-state index in [1.807, 2.05) is 0 Å². The van der Waals surface area contributed by atoms with Crippen molar-refractivity contribution in [2.75, 3.05) is 0 Å². The molecule has 1 aromatic heterocycles. The highest BCUT2D eigenvalue weighted by atomic mass is 32.2. The lowest BCUT2D eigenvalue weighted by atomic mass is 10.2. The normalized spacial score (nSPS) is 11.3. The second-order valence-corrected chi connectivity index (χ2v) is 4.40. The van der Waals surface area contributed by atoms with Crippen LogP contribution in [0.3, 0.4) is 0 Å². The first-order valence-electron chi connectivity index (χ1n) is 3.84. The van der Waals surface area contributed by atoms with Crippen molar-refractivity contribution in [2.24, 2.45) is 0 Å². The summed E-state index contributed by atoms with van der Waals surface area (Å²) in [6.07, 6.45) is 0.968. The van der Waals surface area contributed by atoms with Crippen molar-refractivity contribution in [1.82, 2.24) is 4.98 Å². The Hall–Kier alpha value is -1.54. The second kappa shape index (κ2) is 3.91. The van der Waals surface area contributed by atoms with Crippen molar-refractivity contribution in [1.29, 1.82) is 0 Å². The van der Waals surface area contributed by atoms with Crippen LogP contribution < -0.4 is 0 Å². The van der Waals surface area contributed by atoms with E-state index in [0.717, 1.165) is 6.20 Å². The molecule has 0 fully saturated rings. The number of hydrogen-bond acceptors (Lipinski definition) is 5. The van der Waals surface area contributed by atoms with Gasteiger partial charge in [-0.05, 0) is 13.0 Å².